The van der Waals surface area contributed by atoms with Gasteiger partial charge in [0, 0.05) is 12.3 Å². The molecule has 2 aromatic rings. The number of hydrogen-bond donors (Lipinski definition) is 0. The van der Waals surface area contributed by atoms with E-state index >= 15 is 0 Å². The van der Waals surface area contributed by atoms with Gasteiger partial charge < -0.3 is 14.2 Å². The van der Waals surface area contributed by atoms with Gasteiger partial charge in [-0.05, 0) is 39.0 Å². The van der Waals surface area contributed by atoms with Crippen molar-refractivity contribution in [3.05, 3.63) is 24.4 Å². The lowest BCUT2D eigenvalue weighted by Crippen LogP contribution is -2.26. The first-order valence-electron chi connectivity index (χ1n) is 6.82. The van der Waals surface area contributed by atoms with Gasteiger partial charge >= 0.3 is 12.1 Å². The Morgan fingerprint density at radius 2 is 1.86 bits per heavy atom. The molecule has 0 spiro atoms. The first kappa shape index (κ1) is 15.9. The second-order valence-corrected chi connectivity index (χ2v) is 5.82. The first-order chi connectivity index (χ1) is 10.2. The summed E-state index contributed by atoms with van der Waals surface area (Å²) in [7, 11) is 1.54. The minimum Gasteiger partial charge on any atom is -0.497 e. The molecule has 118 valence electrons. The Labute approximate surface area is 128 Å². The zero-order chi connectivity index (χ0) is 16.5. The highest BCUT2D eigenvalue weighted by molar-refractivity contribution is 5.96. The molecule has 0 aliphatic rings. The van der Waals surface area contributed by atoms with Gasteiger partial charge in [0.2, 0.25) is 0 Å². The Kier molecular flexibility index (Phi) is 4.12. The van der Waals surface area contributed by atoms with Crippen molar-refractivity contribution in [2.24, 2.45) is 0 Å². The Balaban J connectivity index is 2.55. The van der Waals surface area contributed by atoms with Gasteiger partial charge in [0.05, 0.1) is 18.8 Å². The molecule has 0 aliphatic carbocycles. The van der Waals surface area contributed by atoms with E-state index in [1.807, 2.05) is 0 Å². The lowest BCUT2D eigenvalue weighted by molar-refractivity contribution is -0.131. The summed E-state index contributed by atoms with van der Waals surface area (Å²) in [6.07, 6.45) is 0.903. The summed E-state index contributed by atoms with van der Waals surface area (Å²) in [6.45, 7) is 6.66. The molecule has 2 rings (SSSR count). The molecule has 6 nitrogen and oxygen atoms in total. The van der Waals surface area contributed by atoms with E-state index in [1.165, 1.54) is 24.8 Å². The standard InChI is InChI=1S/C16H19NO5/c1-10(18)21-14-9-17(15(19)22-16(2,3)4)13-7-6-11(20-5)8-12(13)14/h6-9H,1-5H3. The molecule has 1 aromatic heterocycles. The third-order valence-electron chi connectivity index (χ3n) is 2.82. The highest BCUT2D eigenvalue weighted by Gasteiger charge is 2.22. The third-order valence-corrected chi connectivity index (χ3v) is 2.82. The van der Waals surface area contributed by atoms with Crippen LogP contribution in [0.3, 0.4) is 0 Å². The summed E-state index contributed by atoms with van der Waals surface area (Å²) in [6, 6.07) is 5.14. The fourth-order valence-electron chi connectivity index (χ4n) is 2.00. The van der Waals surface area contributed by atoms with Crippen molar-refractivity contribution in [1.82, 2.24) is 4.57 Å². The Bertz CT molecular complexity index is 724. The number of nitrogens with zero attached hydrogens (tertiary/aromatic N) is 1. The van der Waals surface area contributed by atoms with Crippen LogP contribution in [0, 0.1) is 0 Å². The van der Waals surface area contributed by atoms with Crippen LogP contribution in [-0.2, 0) is 9.53 Å². The topological polar surface area (TPSA) is 66.8 Å². The normalized spacial score (nSPS) is 11.3. The van der Waals surface area contributed by atoms with Crippen molar-refractivity contribution < 1.29 is 23.8 Å². The van der Waals surface area contributed by atoms with E-state index in [1.54, 1.807) is 39.0 Å². The molecule has 0 radical (unpaired) electrons. The van der Waals surface area contributed by atoms with Crippen molar-refractivity contribution in [3.8, 4) is 11.5 Å². The molecule has 0 saturated heterocycles. The monoisotopic (exact) mass is 305 g/mol. The smallest absolute Gasteiger partial charge is 0.419 e. The number of methoxy groups -OCH3 is 1. The molecule has 0 amide bonds. The number of fused-ring (bicyclic) bond motifs is 1. The maximum atomic E-state index is 12.3. The van der Waals surface area contributed by atoms with Gasteiger partial charge in [-0.15, -0.1) is 0 Å². The van der Waals surface area contributed by atoms with Crippen molar-refractivity contribution in [1.29, 1.82) is 0 Å². The highest BCUT2D eigenvalue weighted by Crippen LogP contribution is 2.32. The summed E-state index contributed by atoms with van der Waals surface area (Å²) in [4.78, 5) is 23.5. The molecule has 0 saturated carbocycles. The van der Waals surface area contributed by atoms with Gasteiger partial charge in [-0.3, -0.25) is 4.79 Å². The molecular formula is C16H19NO5. The zero-order valence-electron chi connectivity index (χ0n) is 13.3. The maximum absolute atomic E-state index is 12.3. The average molecular weight is 305 g/mol. The predicted octanol–water partition coefficient (Wildman–Crippen LogP) is 3.36. The van der Waals surface area contributed by atoms with Crippen LogP contribution in [0.1, 0.15) is 27.7 Å². The lowest BCUT2D eigenvalue weighted by atomic mass is 10.2. The minimum absolute atomic E-state index is 0.284. The van der Waals surface area contributed by atoms with Gasteiger partial charge in [0.25, 0.3) is 0 Å². The maximum Gasteiger partial charge on any atom is 0.419 e. The second-order valence-electron chi connectivity index (χ2n) is 5.82. The van der Waals surface area contributed by atoms with Crippen LogP contribution in [0.15, 0.2) is 24.4 Å². The zero-order valence-corrected chi connectivity index (χ0v) is 13.3. The summed E-state index contributed by atoms with van der Waals surface area (Å²) in [5.41, 5.74) is -0.0480. The molecule has 0 atom stereocenters. The van der Waals surface area contributed by atoms with Gasteiger partial charge in [-0.1, -0.05) is 0 Å². The van der Waals surface area contributed by atoms with Crippen LogP contribution in [0.2, 0.25) is 0 Å². The number of carbonyl (C=O) groups is 2. The fourth-order valence-corrected chi connectivity index (χ4v) is 2.00. The molecule has 6 heteroatoms. The van der Waals surface area contributed by atoms with E-state index < -0.39 is 17.7 Å². The van der Waals surface area contributed by atoms with Crippen LogP contribution in [-0.4, -0.2) is 29.3 Å². The van der Waals surface area contributed by atoms with Crippen LogP contribution in [0.4, 0.5) is 4.79 Å². The number of aromatic nitrogens is 1. The molecule has 1 aromatic carbocycles. The summed E-state index contributed by atoms with van der Waals surface area (Å²) in [5.74, 6) is 0.418. The molecule has 0 N–H and O–H groups in total. The second kappa shape index (κ2) is 5.71. The summed E-state index contributed by atoms with van der Waals surface area (Å²) >= 11 is 0. The summed E-state index contributed by atoms with van der Waals surface area (Å²) in [5, 5.41) is 0.598. The van der Waals surface area contributed by atoms with Gasteiger partial charge in [0.1, 0.15) is 11.4 Å². The Hall–Kier alpha value is -2.50. The average Bonchev–Trinajstić information content (AvgIpc) is 2.74. The van der Waals surface area contributed by atoms with Crippen LogP contribution < -0.4 is 9.47 Å². The molecule has 1 heterocycles. The van der Waals surface area contributed by atoms with Crippen molar-refractivity contribution in [2.45, 2.75) is 33.3 Å². The number of ether oxygens (including phenoxy) is 3. The molecule has 0 fully saturated rings. The predicted molar refractivity (Wildman–Crippen MR) is 81.4 cm³/mol. The minimum atomic E-state index is -0.623. The number of esters is 1. The fraction of sp³-hybridized carbons (Fsp3) is 0.375. The van der Waals surface area contributed by atoms with Gasteiger partial charge in [-0.25, -0.2) is 9.36 Å². The van der Waals surface area contributed by atoms with Crippen LogP contribution >= 0.6 is 0 Å². The van der Waals surface area contributed by atoms with E-state index in [0.717, 1.165) is 0 Å². The van der Waals surface area contributed by atoms with E-state index in [0.29, 0.717) is 16.7 Å². The molecule has 0 unspecified atom stereocenters. The quantitative estimate of drug-likeness (QED) is 0.796. The van der Waals surface area contributed by atoms with Crippen molar-refractivity contribution in [2.75, 3.05) is 7.11 Å². The number of rotatable bonds is 2. The van der Waals surface area contributed by atoms with E-state index in [4.69, 9.17) is 14.2 Å². The number of carbonyl (C=O) groups excluding carboxylic acids is 2. The SMILES string of the molecule is COc1ccc2c(c1)c(OC(C)=O)cn2C(=O)OC(C)(C)C. The largest absolute Gasteiger partial charge is 0.497 e. The molecule has 0 aliphatic heterocycles. The summed E-state index contributed by atoms with van der Waals surface area (Å²) < 4.78 is 17.0. The number of benzene rings is 1. The van der Waals surface area contributed by atoms with E-state index in [2.05, 4.69) is 0 Å². The van der Waals surface area contributed by atoms with Gasteiger partial charge in [0.15, 0.2) is 5.75 Å². The van der Waals surface area contributed by atoms with Gasteiger partial charge in [-0.2, -0.15) is 0 Å². The Morgan fingerprint density at radius 1 is 1.18 bits per heavy atom. The van der Waals surface area contributed by atoms with Crippen LogP contribution in [0.5, 0.6) is 11.5 Å². The highest BCUT2D eigenvalue weighted by atomic mass is 16.6. The van der Waals surface area contributed by atoms with E-state index in [-0.39, 0.29) is 5.75 Å². The molecule has 22 heavy (non-hydrogen) atoms. The lowest BCUT2D eigenvalue weighted by Gasteiger charge is -2.19. The van der Waals surface area contributed by atoms with Crippen LogP contribution in [0.25, 0.3) is 10.9 Å². The number of hydrogen-bond acceptors (Lipinski definition) is 5. The first-order valence-corrected chi connectivity index (χ1v) is 6.82. The molecule has 0 bridgehead atoms. The van der Waals surface area contributed by atoms with E-state index in [9.17, 15) is 9.59 Å². The molecular weight excluding hydrogens is 286 g/mol. The Morgan fingerprint density at radius 3 is 2.41 bits per heavy atom. The third kappa shape index (κ3) is 3.39. The van der Waals surface area contributed by atoms with Crippen molar-refractivity contribution >= 4 is 23.0 Å². The van der Waals surface area contributed by atoms with Crippen molar-refractivity contribution in [3.63, 3.8) is 0 Å².